The van der Waals surface area contributed by atoms with E-state index in [1.165, 1.54) is 5.56 Å². The number of benzene rings is 1. The molecular formula is C17H20N2O. The number of aryl methyl sites for hydroxylation is 1. The molecule has 0 aliphatic carbocycles. The minimum Gasteiger partial charge on any atom is -0.339 e. The number of rotatable bonds is 4. The number of carbonyl (C=O) groups excluding carboxylic acids is 1. The quantitative estimate of drug-likeness (QED) is 0.849. The van der Waals surface area contributed by atoms with Crippen molar-refractivity contribution in [2.24, 2.45) is 0 Å². The van der Waals surface area contributed by atoms with Gasteiger partial charge in [0.1, 0.15) is 0 Å². The van der Waals surface area contributed by atoms with E-state index in [1.807, 2.05) is 19.9 Å². The molecule has 0 spiro atoms. The molecule has 1 aromatic carbocycles. The Balaban J connectivity index is 2.32. The minimum absolute atomic E-state index is 0.0384. The third-order valence-corrected chi connectivity index (χ3v) is 3.42. The fourth-order valence-corrected chi connectivity index (χ4v) is 2.15. The molecule has 0 bridgehead atoms. The fourth-order valence-electron chi connectivity index (χ4n) is 2.15. The molecule has 0 saturated carbocycles. The number of hydrogen-bond donors (Lipinski definition) is 0. The van der Waals surface area contributed by atoms with Crippen LogP contribution in [0.15, 0.2) is 42.7 Å². The summed E-state index contributed by atoms with van der Waals surface area (Å²) in [6.07, 6.45) is 3.43. The van der Waals surface area contributed by atoms with Gasteiger partial charge >= 0.3 is 0 Å². The summed E-state index contributed by atoms with van der Waals surface area (Å²) in [5.41, 5.74) is 3.92. The van der Waals surface area contributed by atoms with Crippen molar-refractivity contribution < 1.29 is 4.79 Å². The Hall–Kier alpha value is -2.16. The lowest BCUT2D eigenvalue weighted by atomic mass is 10.0. The van der Waals surface area contributed by atoms with Gasteiger partial charge in [-0.1, -0.05) is 29.8 Å². The molecular weight excluding hydrogens is 248 g/mol. The molecule has 2 rings (SSSR count). The van der Waals surface area contributed by atoms with E-state index in [4.69, 9.17) is 0 Å². The topological polar surface area (TPSA) is 33.2 Å². The van der Waals surface area contributed by atoms with Gasteiger partial charge in [-0.25, -0.2) is 0 Å². The summed E-state index contributed by atoms with van der Waals surface area (Å²) >= 11 is 0. The summed E-state index contributed by atoms with van der Waals surface area (Å²) in [5.74, 6) is 0.0384. The van der Waals surface area contributed by atoms with E-state index in [9.17, 15) is 4.79 Å². The molecule has 0 aliphatic rings. The highest BCUT2D eigenvalue weighted by atomic mass is 16.2. The first kappa shape index (κ1) is 14.3. The predicted octanol–water partition coefficient (Wildman–Crippen LogP) is 3.54. The summed E-state index contributed by atoms with van der Waals surface area (Å²) in [6, 6.07) is 10.1. The molecule has 1 amide bonds. The smallest absolute Gasteiger partial charge is 0.255 e. The van der Waals surface area contributed by atoms with Crippen LogP contribution in [0.1, 0.15) is 29.8 Å². The second-order valence-corrected chi connectivity index (χ2v) is 4.81. The molecule has 3 nitrogen and oxygen atoms in total. The van der Waals surface area contributed by atoms with Gasteiger partial charge in [-0.3, -0.25) is 9.78 Å². The Morgan fingerprint density at radius 1 is 1.05 bits per heavy atom. The lowest BCUT2D eigenvalue weighted by Gasteiger charge is -2.18. The zero-order valence-corrected chi connectivity index (χ0v) is 12.3. The summed E-state index contributed by atoms with van der Waals surface area (Å²) in [4.78, 5) is 18.3. The fraction of sp³-hybridized carbons (Fsp3) is 0.294. The molecule has 2 aromatic rings. The van der Waals surface area contributed by atoms with Gasteiger partial charge in [0.05, 0.1) is 5.56 Å². The molecule has 104 valence electrons. The Labute approximate surface area is 120 Å². The molecule has 1 aromatic heterocycles. The van der Waals surface area contributed by atoms with Gasteiger partial charge in [0.15, 0.2) is 0 Å². The lowest BCUT2D eigenvalue weighted by molar-refractivity contribution is 0.0772. The molecule has 0 fully saturated rings. The largest absolute Gasteiger partial charge is 0.339 e. The number of carbonyl (C=O) groups is 1. The maximum absolute atomic E-state index is 12.3. The van der Waals surface area contributed by atoms with Gasteiger partial charge < -0.3 is 4.90 Å². The Kier molecular flexibility index (Phi) is 4.51. The van der Waals surface area contributed by atoms with E-state index >= 15 is 0 Å². The SMILES string of the molecule is CCN(CC)C(=O)c1cncc(-c2ccc(C)cc2)c1. The number of amides is 1. The molecule has 3 heteroatoms. The van der Waals surface area contributed by atoms with Crippen LogP contribution in [0.2, 0.25) is 0 Å². The average Bonchev–Trinajstić information content (AvgIpc) is 2.49. The summed E-state index contributed by atoms with van der Waals surface area (Å²) in [7, 11) is 0. The van der Waals surface area contributed by atoms with Crippen LogP contribution >= 0.6 is 0 Å². The second-order valence-electron chi connectivity index (χ2n) is 4.81. The van der Waals surface area contributed by atoms with Crippen molar-refractivity contribution in [2.75, 3.05) is 13.1 Å². The second kappa shape index (κ2) is 6.33. The van der Waals surface area contributed by atoms with Gasteiger partial charge in [-0.15, -0.1) is 0 Å². The lowest BCUT2D eigenvalue weighted by Crippen LogP contribution is -2.30. The van der Waals surface area contributed by atoms with Crippen LogP contribution in [0.25, 0.3) is 11.1 Å². The van der Waals surface area contributed by atoms with Crippen LogP contribution in [0.5, 0.6) is 0 Å². The van der Waals surface area contributed by atoms with E-state index in [-0.39, 0.29) is 5.91 Å². The van der Waals surface area contributed by atoms with E-state index in [1.54, 1.807) is 17.3 Å². The summed E-state index contributed by atoms with van der Waals surface area (Å²) in [6.45, 7) is 7.45. The third kappa shape index (κ3) is 3.05. The first-order valence-electron chi connectivity index (χ1n) is 6.97. The molecule has 20 heavy (non-hydrogen) atoms. The van der Waals surface area contributed by atoms with Gasteiger partial charge in [0, 0.05) is 31.0 Å². The maximum Gasteiger partial charge on any atom is 0.255 e. The number of pyridine rings is 1. The van der Waals surface area contributed by atoms with Gasteiger partial charge in [0.25, 0.3) is 5.91 Å². The van der Waals surface area contributed by atoms with Crippen molar-refractivity contribution >= 4 is 5.91 Å². The summed E-state index contributed by atoms with van der Waals surface area (Å²) in [5, 5.41) is 0. The maximum atomic E-state index is 12.3. The first-order chi connectivity index (χ1) is 9.65. The number of hydrogen-bond acceptors (Lipinski definition) is 2. The van der Waals surface area contributed by atoms with Gasteiger partial charge in [0.2, 0.25) is 0 Å². The van der Waals surface area contributed by atoms with Gasteiger partial charge in [-0.2, -0.15) is 0 Å². The highest BCUT2D eigenvalue weighted by Crippen LogP contribution is 2.20. The Morgan fingerprint density at radius 3 is 2.30 bits per heavy atom. The Bertz CT molecular complexity index is 586. The van der Waals surface area contributed by atoms with Crippen LogP contribution in [0.3, 0.4) is 0 Å². The van der Waals surface area contributed by atoms with E-state index < -0.39 is 0 Å². The molecule has 0 radical (unpaired) electrons. The average molecular weight is 268 g/mol. The van der Waals surface area contributed by atoms with Crippen LogP contribution in [0, 0.1) is 6.92 Å². The standard InChI is InChI=1S/C17H20N2O/c1-4-19(5-2)17(20)16-10-15(11-18-12-16)14-8-6-13(3)7-9-14/h6-12H,4-5H2,1-3H3. The zero-order valence-electron chi connectivity index (χ0n) is 12.3. The van der Waals surface area contributed by atoms with Crippen molar-refractivity contribution in [3.63, 3.8) is 0 Å². The van der Waals surface area contributed by atoms with Crippen LogP contribution in [-0.4, -0.2) is 28.9 Å². The van der Waals surface area contributed by atoms with E-state index in [0.29, 0.717) is 18.7 Å². The molecule has 0 N–H and O–H groups in total. The number of aromatic nitrogens is 1. The monoisotopic (exact) mass is 268 g/mol. The van der Waals surface area contributed by atoms with Crippen molar-refractivity contribution in [1.29, 1.82) is 0 Å². The third-order valence-electron chi connectivity index (χ3n) is 3.42. The molecule has 0 unspecified atom stereocenters. The molecule has 1 heterocycles. The van der Waals surface area contributed by atoms with Gasteiger partial charge in [-0.05, 0) is 32.4 Å². The van der Waals surface area contributed by atoms with E-state index in [2.05, 4.69) is 36.2 Å². The highest BCUT2D eigenvalue weighted by molar-refractivity contribution is 5.95. The van der Waals surface area contributed by atoms with E-state index in [0.717, 1.165) is 11.1 Å². The molecule has 0 saturated heterocycles. The molecule has 0 atom stereocenters. The normalized spacial score (nSPS) is 10.3. The molecule has 0 aliphatic heterocycles. The highest BCUT2D eigenvalue weighted by Gasteiger charge is 2.13. The van der Waals surface area contributed by atoms with Crippen molar-refractivity contribution in [3.05, 3.63) is 53.9 Å². The van der Waals surface area contributed by atoms with Crippen LogP contribution < -0.4 is 0 Å². The predicted molar refractivity (Wildman–Crippen MR) is 81.7 cm³/mol. The van der Waals surface area contributed by atoms with Crippen LogP contribution in [0.4, 0.5) is 0 Å². The first-order valence-corrected chi connectivity index (χ1v) is 6.97. The van der Waals surface area contributed by atoms with Crippen LogP contribution in [-0.2, 0) is 0 Å². The number of nitrogens with zero attached hydrogens (tertiary/aromatic N) is 2. The van der Waals surface area contributed by atoms with Crippen molar-refractivity contribution in [1.82, 2.24) is 9.88 Å². The Morgan fingerprint density at radius 2 is 1.70 bits per heavy atom. The minimum atomic E-state index is 0.0384. The van der Waals surface area contributed by atoms with Crippen molar-refractivity contribution in [3.8, 4) is 11.1 Å². The summed E-state index contributed by atoms with van der Waals surface area (Å²) < 4.78 is 0. The van der Waals surface area contributed by atoms with Crippen molar-refractivity contribution in [2.45, 2.75) is 20.8 Å². The zero-order chi connectivity index (χ0) is 14.5.